The highest BCUT2D eigenvalue weighted by molar-refractivity contribution is 5.74. The molecule has 5 nitrogen and oxygen atoms in total. The van der Waals surface area contributed by atoms with Crippen molar-refractivity contribution in [1.82, 2.24) is 10.2 Å². The minimum atomic E-state index is 0.0964. The van der Waals surface area contributed by atoms with Crippen LogP contribution in [0, 0.1) is 17.3 Å². The lowest BCUT2D eigenvalue weighted by Crippen LogP contribution is -2.49. The van der Waals surface area contributed by atoms with Gasteiger partial charge in [-0.2, -0.15) is 0 Å². The van der Waals surface area contributed by atoms with E-state index in [0.29, 0.717) is 19.1 Å². The van der Waals surface area contributed by atoms with Gasteiger partial charge in [0.1, 0.15) is 0 Å². The van der Waals surface area contributed by atoms with E-state index in [4.69, 9.17) is 9.47 Å². The Balaban J connectivity index is 1.53. The zero-order valence-electron chi connectivity index (χ0n) is 14.5. The summed E-state index contributed by atoms with van der Waals surface area (Å²) < 4.78 is 11.3. The molecule has 1 aliphatic carbocycles. The minimum Gasteiger partial charge on any atom is -0.381 e. The Morgan fingerprint density at radius 1 is 1.17 bits per heavy atom. The summed E-state index contributed by atoms with van der Waals surface area (Å²) in [5.74, 6) is 1.38. The van der Waals surface area contributed by atoms with Gasteiger partial charge in [-0.1, -0.05) is 26.2 Å². The van der Waals surface area contributed by atoms with E-state index in [-0.39, 0.29) is 11.4 Å². The van der Waals surface area contributed by atoms with Gasteiger partial charge in [0.2, 0.25) is 0 Å². The average Bonchev–Trinajstić information content (AvgIpc) is 2.77. The first-order valence-corrected chi connectivity index (χ1v) is 9.37. The molecule has 2 amide bonds. The van der Waals surface area contributed by atoms with Gasteiger partial charge in [0, 0.05) is 38.3 Å². The zero-order valence-corrected chi connectivity index (χ0v) is 14.5. The summed E-state index contributed by atoms with van der Waals surface area (Å²) in [5.41, 5.74) is 0.101. The number of nitrogens with one attached hydrogen (secondary N) is 1. The van der Waals surface area contributed by atoms with Crippen molar-refractivity contribution in [3.63, 3.8) is 0 Å². The molecule has 0 aromatic rings. The molecule has 0 unspecified atom stereocenters. The third-order valence-electron chi connectivity index (χ3n) is 6.09. The number of hydrogen-bond donors (Lipinski definition) is 1. The van der Waals surface area contributed by atoms with E-state index in [9.17, 15) is 4.79 Å². The fraction of sp³-hybridized carbons (Fsp3) is 0.944. The summed E-state index contributed by atoms with van der Waals surface area (Å²) in [7, 11) is 0. The average molecular weight is 324 g/mol. The first kappa shape index (κ1) is 17.0. The number of nitrogens with zero attached hydrogens (tertiary/aromatic N) is 1. The number of carbonyl (C=O) groups is 1. The second-order valence-electron chi connectivity index (χ2n) is 7.79. The Labute approximate surface area is 140 Å². The summed E-state index contributed by atoms with van der Waals surface area (Å²) in [6, 6.07) is 0.0964. The zero-order chi connectivity index (χ0) is 16.1. The number of rotatable bonds is 2. The molecule has 0 bridgehead atoms. The minimum absolute atomic E-state index is 0.0964. The fourth-order valence-corrected chi connectivity index (χ4v) is 4.30. The van der Waals surface area contributed by atoms with Crippen molar-refractivity contribution < 1.29 is 14.3 Å². The monoisotopic (exact) mass is 324 g/mol. The number of urea groups is 1. The Bertz CT molecular complexity index is 396. The van der Waals surface area contributed by atoms with Gasteiger partial charge in [-0.05, 0) is 31.1 Å². The molecule has 2 saturated heterocycles. The lowest BCUT2D eigenvalue weighted by molar-refractivity contribution is -0.0295. The summed E-state index contributed by atoms with van der Waals surface area (Å²) >= 11 is 0. The number of amides is 2. The van der Waals surface area contributed by atoms with Gasteiger partial charge in [0.25, 0.3) is 0 Å². The van der Waals surface area contributed by atoms with Crippen LogP contribution in [0.15, 0.2) is 0 Å². The van der Waals surface area contributed by atoms with E-state index < -0.39 is 0 Å². The van der Waals surface area contributed by atoms with Crippen LogP contribution >= 0.6 is 0 Å². The molecule has 2 aliphatic heterocycles. The largest absolute Gasteiger partial charge is 0.381 e. The molecule has 23 heavy (non-hydrogen) atoms. The molecule has 3 aliphatic rings. The lowest BCUT2D eigenvalue weighted by Gasteiger charge is -2.38. The molecule has 3 rings (SSSR count). The van der Waals surface area contributed by atoms with Crippen molar-refractivity contribution in [1.29, 1.82) is 0 Å². The Morgan fingerprint density at radius 2 is 1.96 bits per heavy atom. The smallest absolute Gasteiger partial charge is 0.317 e. The second-order valence-corrected chi connectivity index (χ2v) is 7.79. The molecule has 2 heterocycles. The molecule has 0 radical (unpaired) electrons. The normalized spacial score (nSPS) is 31.6. The topological polar surface area (TPSA) is 50.8 Å². The Morgan fingerprint density at radius 3 is 2.74 bits per heavy atom. The van der Waals surface area contributed by atoms with Crippen LogP contribution in [-0.2, 0) is 9.47 Å². The molecule has 0 aromatic carbocycles. The molecule has 0 aromatic heterocycles. The van der Waals surface area contributed by atoms with Crippen LogP contribution in [0.4, 0.5) is 4.79 Å². The third kappa shape index (κ3) is 4.38. The van der Waals surface area contributed by atoms with Crippen LogP contribution in [0.1, 0.15) is 45.4 Å². The van der Waals surface area contributed by atoms with Crippen molar-refractivity contribution >= 4 is 6.03 Å². The molecular weight excluding hydrogens is 292 g/mol. The lowest BCUT2D eigenvalue weighted by atomic mass is 9.80. The number of hydrogen-bond acceptors (Lipinski definition) is 3. The second kappa shape index (κ2) is 7.84. The van der Waals surface area contributed by atoms with E-state index in [0.717, 1.165) is 51.7 Å². The highest BCUT2D eigenvalue weighted by Crippen LogP contribution is 2.33. The predicted octanol–water partition coefficient (Wildman–Crippen LogP) is 2.65. The van der Waals surface area contributed by atoms with E-state index in [2.05, 4.69) is 12.2 Å². The molecule has 3 fully saturated rings. The maximum Gasteiger partial charge on any atom is 0.317 e. The maximum atomic E-state index is 12.7. The van der Waals surface area contributed by atoms with Crippen LogP contribution < -0.4 is 5.32 Å². The van der Waals surface area contributed by atoms with Crippen molar-refractivity contribution in [2.24, 2.45) is 17.3 Å². The molecular formula is C18H32N2O3. The van der Waals surface area contributed by atoms with E-state index in [1.54, 1.807) is 0 Å². The summed E-state index contributed by atoms with van der Waals surface area (Å²) in [6.07, 6.45) is 7.21. The molecule has 1 saturated carbocycles. The van der Waals surface area contributed by atoms with Gasteiger partial charge < -0.3 is 19.7 Å². The summed E-state index contributed by atoms with van der Waals surface area (Å²) in [6.45, 7) is 7.66. The van der Waals surface area contributed by atoms with Crippen molar-refractivity contribution in [3.8, 4) is 0 Å². The summed E-state index contributed by atoms with van der Waals surface area (Å²) in [4.78, 5) is 14.6. The van der Waals surface area contributed by atoms with Gasteiger partial charge in [-0.25, -0.2) is 4.79 Å². The van der Waals surface area contributed by atoms with Crippen molar-refractivity contribution in [2.75, 3.05) is 46.1 Å². The molecule has 1 spiro atoms. The van der Waals surface area contributed by atoms with Gasteiger partial charge in [0.05, 0.1) is 13.2 Å². The van der Waals surface area contributed by atoms with Crippen LogP contribution in [0.5, 0.6) is 0 Å². The molecule has 1 N–H and O–H groups in total. The first-order valence-electron chi connectivity index (χ1n) is 9.37. The Kier molecular flexibility index (Phi) is 5.81. The van der Waals surface area contributed by atoms with Crippen LogP contribution in [-0.4, -0.2) is 57.0 Å². The SMILES string of the molecule is C[C@@H]1CCCC[C@@H]1CNC(=O)N1CCOCC2(CCOCC2)C1. The van der Waals surface area contributed by atoms with Crippen LogP contribution in [0.3, 0.4) is 0 Å². The highest BCUT2D eigenvalue weighted by atomic mass is 16.5. The first-order chi connectivity index (χ1) is 11.2. The van der Waals surface area contributed by atoms with Crippen LogP contribution in [0.25, 0.3) is 0 Å². The predicted molar refractivity (Wildman–Crippen MR) is 89.4 cm³/mol. The van der Waals surface area contributed by atoms with Gasteiger partial charge >= 0.3 is 6.03 Å². The molecule has 2 atom stereocenters. The maximum absolute atomic E-state index is 12.7. The van der Waals surface area contributed by atoms with Crippen molar-refractivity contribution in [3.05, 3.63) is 0 Å². The number of ether oxygens (including phenoxy) is 2. The van der Waals surface area contributed by atoms with Crippen LogP contribution in [0.2, 0.25) is 0 Å². The highest BCUT2D eigenvalue weighted by Gasteiger charge is 2.38. The third-order valence-corrected chi connectivity index (χ3v) is 6.09. The van der Waals surface area contributed by atoms with Gasteiger partial charge in [-0.3, -0.25) is 0 Å². The summed E-state index contributed by atoms with van der Waals surface area (Å²) in [5, 5.41) is 3.20. The van der Waals surface area contributed by atoms with E-state index in [1.165, 1.54) is 25.7 Å². The molecule has 132 valence electrons. The number of carbonyl (C=O) groups excluding carboxylic acids is 1. The fourth-order valence-electron chi connectivity index (χ4n) is 4.30. The Hall–Kier alpha value is -0.810. The van der Waals surface area contributed by atoms with Crippen molar-refractivity contribution in [2.45, 2.75) is 45.4 Å². The van der Waals surface area contributed by atoms with E-state index >= 15 is 0 Å². The van der Waals surface area contributed by atoms with Gasteiger partial charge in [-0.15, -0.1) is 0 Å². The van der Waals surface area contributed by atoms with E-state index in [1.807, 2.05) is 4.90 Å². The van der Waals surface area contributed by atoms with Gasteiger partial charge in [0.15, 0.2) is 0 Å². The molecule has 5 heteroatoms. The quantitative estimate of drug-likeness (QED) is 0.849. The standard InChI is InChI=1S/C18H32N2O3/c1-15-4-2-3-5-16(15)12-19-17(21)20-8-11-23-14-18(13-20)6-9-22-10-7-18/h15-16H,2-14H2,1H3,(H,19,21)/t15-,16-/m1/s1.